The number of aromatic amines is 1. The summed E-state index contributed by atoms with van der Waals surface area (Å²) in [7, 11) is 0. The lowest BCUT2D eigenvalue weighted by Crippen LogP contribution is -2.56. The lowest BCUT2D eigenvalue weighted by Gasteiger charge is -2.37. The van der Waals surface area contributed by atoms with Crippen molar-refractivity contribution in [3.05, 3.63) is 66.5 Å². The predicted molar refractivity (Wildman–Crippen MR) is 170 cm³/mol. The van der Waals surface area contributed by atoms with Crippen molar-refractivity contribution in [2.75, 3.05) is 57.6 Å². The maximum absolute atomic E-state index is 13.6. The van der Waals surface area contributed by atoms with Gasteiger partial charge in [-0.2, -0.15) is 0 Å². The van der Waals surface area contributed by atoms with Gasteiger partial charge in [-0.25, -0.2) is 14.4 Å². The van der Waals surface area contributed by atoms with Crippen molar-refractivity contribution in [2.45, 2.75) is 38.3 Å². The van der Waals surface area contributed by atoms with E-state index in [0.717, 1.165) is 29.5 Å². The van der Waals surface area contributed by atoms with E-state index in [1.165, 1.54) is 4.90 Å². The molecule has 2 aliphatic heterocycles. The third-order valence-corrected chi connectivity index (χ3v) is 8.35. The number of imide groups is 1. The lowest BCUT2D eigenvalue weighted by molar-refractivity contribution is -0.123. The Hall–Kier alpha value is -4.59. The first-order valence-corrected chi connectivity index (χ1v) is 15.8. The summed E-state index contributed by atoms with van der Waals surface area (Å²) in [5.74, 6) is -0.435. The van der Waals surface area contributed by atoms with E-state index in [4.69, 9.17) is 14.2 Å². The molecule has 4 aromatic rings. The second-order valence-electron chi connectivity index (χ2n) is 11.4. The molecule has 2 aromatic carbocycles. The van der Waals surface area contributed by atoms with Gasteiger partial charge < -0.3 is 29.4 Å². The number of likely N-dealkylation sites (tertiary alicyclic amines) is 1. The summed E-state index contributed by atoms with van der Waals surface area (Å²) in [5, 5.41) is 12.4. The molecule has 242 valence electrons. The van der Waals surface area contributed by atoms with Gasteiger partial charge in [-0.1, -0.05) is 42.5 Å². The van der Waals surface area contributed by atoms with Crippen LogP contribution in [0.4, 0.5) is 10.5 Å². The van der Waals surface area contributed by atoms with Gasteiger partial charge >= 0.3 is 6.03 Å². The number of amides is 4. The summed E-state index contributed by atoms with van der Waals surface area (Å²) in [5.41, 5.74) is 2.34. The number of nitrogens with zero attached hydrogens (tertiary/aromatic N) is 5. The van der Waals surface area contributed by atoms with Crippen LogP contribution in [-0.4, -0.2) is 101 Å². The number of piperidine rings is 1. The zero-order valence-corrected chi connectivity index (χ0v) is 25.9. The highest BCUT2D eigenvalue weighted by atomic mass is 16.5. The first-order valence-electron chi connectivity index (χ1n) is 15.8. The number of urea groups is 1. The Balaban J connectivity index is 1.03. The standard InChI is InChI=1S/C33H39N7O6/c1-2-16-44-18-20-46-21-19-45-17-15-39-23-29(36-37-39)25-9-6-10-27-26(25)22-28(34-27)30(41)38-13-11-33(12-14-38)31(42)40(32(43)35-33)24-7-4-3-5-8-24/h3-10,22-23,34H,2,11-21H2,1H3,(H,35,43). The summed E-state index contributed by atoms with van der Waals surface area (Å²) in [6.45, 7) is 6.67. The van der Waals surface area contributed by atoms with Crippen molar-refractivity contribution < 1.29 is 28.6 Å². The molecule has 2 N–H and O–H groups in total. The molecule has 4 amide bonds. The van der Waals surface area contributed by atoms with Gasteiger partial charge in [-0.15, -0.1) is 5.10 Å². The average Bonchev–Trinajstić information content (AvgIpc) is 3.79. The van der Waals surface area contributed by atoms with E-state index in [1.807, 2.05) is 36.5 Å². The predicted octanol–water partition coefficient (Wildman–Crippen LogP) is 3.62. The topological polar surface area (TPSA) is 144 Å². The molecule has 0 bridgehead atoms. The van der Waals surface area contributed by atoms with Crippen molar-refractivity contribution in [3.63, 3.8) is 0 Å². The number of anilines is 1. The Kier molecular flexibility index (Phi) is 9.71. The van der Waals surface area contributed by atoms with E-state index in [0.29, 0.717) is 82.6 Å². The fraction of sp³-hybridized carbons (Fsp3) is 0.424. The number of carbonyl (C=O) groups is 3. The second-order valence-corrected chi connectivity index (χ2v) is 11.4. The molecule has 0 aliphatic carbocycles. The van der Waals surface area contributed by atoms with E-state index < -0.39 is 11.6 Å². The van der Waals surface area contributed by atoms with Crippen molar-refractivity contribution >= 4 is 34.4 Å². The van der Waals surface area contributed by atoms with Gasteiger partial charge in [0.25, 0.3) is 11.8 Å². The highest BCUT2D eigenvalue weighted by Crippen LogP contribution is 2.34. The number of hydrogen-bond acceptors (Lipinski definition) is 8. The van der Waals surface area contributed by atoms with Gasteiger partial charge in [-0.05, 0) is 43.5 Å². The van der Waals surface area contributed by atoms with E-state index in [1.54, 1.807) is 33.8 Å². The van der Waals surface area contributed by atoms with Crippen LogP contribution in [0.1, 0.15) is 36.7 Å². The monoisotopic (exact) mass is 629 g/mol. The molecule has 13 heteroatoms. The molecule has 4 heterocycles. The van der Waals surface area contributed by atoms with Crippen molar-refractivity contribution in [1.29, 1.82) is 0 Å². The summed E-state index contributed by atoms with van der Waals surface area (Å²) < 4.78 is 18.3. The van der Waals surface area contributed by atoms with Crippen molar-refractivity contribution in [2.24, 2.45) is 0 Å². The quantitative estimate of drug-likeness (QED) is 0.159. The van der Waals surface area contributed by atoms with E-state index in [9.17, 15) is 14.4 Å². The minimum absolute atomic E-state index is 0.160. The van der Waals surface area contributed by atoms with Gasteiger partial charge in [0.2, 0.25) is 0 Å². The third-order valence-electron chi connectivity index (χ3n) is 8.35. The van der Waals surface area contributed by atoms with Crippen LogP contribution in [0.2, 0.25) is 0 Å². The van der Waals surface area contributed by atoms with Crippen LogP contribution in [0.15, 0.2) is 60.8 Å². The molecule has 2 aliphatic rings. The molecular weight excluding hydrogens is 590 g/mol. The van der Waals surface area contributed by atoms with Crippen molar-refractivity contribution in [1.82, 2.24) is 30.2 Å². The fourth-order valence-corrected chi connectivity index (χ4v) is 5.90. The molecule has 0 atom stereocenters. The van der Waals surface area contributed by atoms with Gasteiger partial charge in [0, 0.05) is 36.2 Å². The number of ether oxygens (including phenoxy) is 3. The number of fused-ring (bicyclic) bond motifs is 1. The Morgan fingerprint density at radius 1 is 0.913 bits per heavy atom. The normalized spacial score (nSPS) is 16.1. The maximum Gasteiger partial charge on any atom is 0.329 e. The SMILES string of the molecule is CCCOCCOCCOCCn1cc(-c2cccc3[nH]c(C(=O)N4CCC5(CC4)NC(=O)N(c4ccccc4)C5=O)cc23)nn1. The first kappa shape index (κ1) is 31.4. The van der Waals surface area contributed by atoms with Crippen molar-refractivity contribution in [3.8, 4) is 11.3 Å². The molecule has 2 aromatic heterocycles. The van der Waals surface area contributed by atoms with Crippen LogP contribution in [0, 0.1) is 0 Å². The minimum Gasteiger partial charge on any atom is -0.379 e. The molecule has 2 saturated heterocycles. The number of nitrogens with one attached hydrogen (secondary N) is 2. The summed E-state index contributed by atoms with van der Waals surface area (Å²) in [4.78, 5) is 45.9. The number of H-pyrrole nitrogens is 1. The first-order chi connectivity index (χ1) is 22.5. The average molecular weight is 630 g/mol. The number of hydrogen-bond donors (Lipinski definition) is 2. The van der Waals surface area contributed by atoms with Gasteiger partial charge in [0.1, 0.15) is 16.9 Å². The summed E-state index contributed by atoms with van der Waals surface area (Å²) >= 11 is 0. The highest BCUT2D eigenvalue weighted by Gasteiger charge is 2.53. The maximum atomic E-state index is 13.6. The molecule has 6 rings (SSSR count). The summed E-state index contributed by atoms with van der Waals surface area (Å²) in [6.07, 6.45) is 3.54. The second kappa shape index (κ2) is 14.2. The van der Waals surface area contributed by atoms with Crippen LogP contribution >= 0.6 is 0 Å². The Morgan fingerprint density at radius 2 is 1.63 bits per heavy atom. The zero-order valence-electron chi connectivity index (χ0n) is 25.9. The molecule has 0 saturated carbocycles. The van der Waals surface area contributed by atoms with Gasteiger partial charge in [0.15, 0.2) is 0 Å². The van der Waals surface area contributed by atoms with E-state index in [-0.39, 0.29) is 11.8 Å². The third kappa shape index (κ3) is 6.66. The Labute approximate surface area is 266 Å². The molecule has 13 nitrogen and oxygen atoms in total. The van der Waals surface area contributed by atoms with Gasteiger partial charge in [0.05, 0.1) is 51.5 Å². The zero-order chi connectivity index (χ0) is 31.9. The van der Waals surface area contributed by atoms with Crippen LogP contribution in [-0.2, 0) is 25.5 Å². The van der Waals surface area contributed by atoms with Crippen LogP contribution < -0.4 is 10.2 Å². The molecule has 2 fully saturated rings. The number of rotatable bonds is 14. The molecule has 0 radical (unpaired) electrons. The fourth-order valence-electron chi connectivity index (χ4n) is 5.90. The van der Waals surface area contributed by atoms with Crippen LogP contribution in [0.3, 0.4) is 0 Å². The minimum atomic E-state index is -1.01. The molecule has 1 spiro atoms. The summed E-state index contributed by atoms with van der Waals surface area (Å²) in [6, 6.07) is 16.1. The Morgan fingerprint density at radius 3 is 2.37 bits per heavy atom. The molecule has 0 unspecified atom stereocenters. The smallest absolute Gasteiger partial charge is 0.329 e. The van der Waals surface area contributed by atoms with Crippen LogP contribution in [0.25, 0.3) is 22.2 Å². The van der Waals surface area contributed by atoms with Gasteiger partial charge in [-0.3, -0.25) is 9.59 Å². The number of carbonyl (C=O) groups excluding carboxylic acids is 3. The molecule has 46 heavy (non-hydrogen) atoms. The largest absolute Gasteiger partial charge is 0.379 e. The lowest BCUT2D eigenvalue weighted by atomic mass is 9.87. The Bertz CT molecular complexity index is 1660. The number of para-hydroxylation sites is 1. The number of benzene rings is 2. The van der Waals surface area contributed by atoms with E-state index >= 15 is 0 Å². The molecular formula is C33H39N7O6. The number of aromatic nitrogens is 4. The van der Waals surface area contributed by atoms with E-state index in [2.05, 4.69) is 27.5 Å². The van der Waals surface area contributed by atoms with Crippen LogP contribution in [0.5, 0.6) is 0 Å². The highest BCUT2D eigenvalue weighted by molar-refractivity contribution is 6.23.